The second-order valence-electron chi connectivity index (χ2n) is 6.34. The summed E-state index contributed by atoms with van der Waals surface area (Å²) in [5, 5.41) is 5.80. The van der Waals surface area contributed by atoms with Crippen LogP contribution >= 0.6 is 0 Å². The smallest absolute Gasteiger partial charge is 0.257 e. The first-order chi connectivity index (χ1) is 14.0. The lowest BCUT2D eigenvalue weighted by Crippen LogP contribution is -2.37. The number of aromatic nitrogens is 4. The average Bonchev–Trinajstić information content (AvgIpc) is 3.20. The normalized spacial score (nSPS) is 11.2. The molecule has 1 amide bonds. The van der Waals surface area contributed by atoms with E-state index in [1.54, 1.807) is 43.9 Å². The van der Waals surface area contributed by atoms with Crippen LogP contribution in [0.5, 0.6) is 5.75 Å². The minimum Gasteiger partial charge on any atom is -0.497 e. The number of nitrogens with one attached hydrogen (secondary N) is 3. The van der Waals surface area contributed by atoms with Crippen LogP contribution < -0.4 is 15.4 Å². The fourth-order valence-corrected chi connectivity index (χ4v) is 2.63. The highest BCUT2D eigenvalue weighted by molar-refractivity contribution is 6.09. The molecule has 3 N–H and O–H groups in total. The predicted molar refractivity (Wildman–Crippen MR) is 110 cm³/mol. The van der Waals surface area contributed by atoms with Crippen LogP contribution in [0.3, 0.4) is 0 Å². The Morgan fingerprint density at radius 3 is 2.52 bits per heavy atom. The minimum atomic E-state index is -0.301. The summed E-state index contributed by atoms with van der Waals surface area (Å²) in [7, 11) is 1.58. The summed E-state index contributed by atoms with van der Waals surface area (Å²) in [6.45, 7) is 4.20. The van der Waals surface area contributed by atoms with Crippen LogP contribution in [0.1, 0.15) is 27.4 Å². The number of methoxy groups -OCH3 is 1. The Hall–Kier alpha value is -3.75. The molecule has 0 spiro atoms. The third-order valence-corrected chi connectivity index (χ3v) is 4.00. The van der Waals surface area contributed by atoms with Gasteiger partial charge in [-0.15, -0.1) is 0 Å². The van der Waals surface area contributed by atoms with Gasteiger partial charge in [0.1, 0.15) is 5.75 Å². The number of carbonyl (C=O) groups excluding carboxylic acids is 1. The van der Waals surface area contributed by atoms with E-state index in [1.807, 2.05) is 19.9 Å². The standard InChI is InChI=1S/C20H23N7O2/c1-13-10-14(2)25-20(24-13)27-19(22-9-8-16-11-21-12-23-16)26-18(28)15-4-6-17(29-3)7-5-15/h4-7,10-12H,8-9H2,1-3H3,(H,21,23)(H2,22,24,25,26,27,28). The second kappa shape index (κ2) is 9.45. The Kier molecular flexibility index (Phi) is 6.51. The lowest BCUT2D eigenvalue weighted by atomic mass is 10.2. The van der Waals surface area contributed by atoms with E-state index < -0.39 is 0 Å². The maximum absolute atomic E-state index is 12.6. The first kappa shape index (κ1) is 20.0. The molecule has 3 rings (SSSR count). The Labute approximate surface area is 168 Å². The number of amides is 1. The topological polar surface area (TPSA) is 117 Å². The number of aryl methyl sites for hydroxylation is 2. The molecular formula is C20H23N7O2. The molecule has 9 nitrogen and oxygen atoms in total. The molecule has 0 aliphatic rings. The van der Waals surface area contributed by atoms with Crippen LogP contribution in [0.25, 0.3) is 0 Å². The van der Waals surface area contributed by atoms with E-state index >= 15 is 0 Å². The van der Waals surface area contributed by atoms with Crippen molar-refractivity contribution in [1.29, 1.82) is 0 Å². The van der Waals surface area contributed by atoms with Gasteiger partial charge in [-0.1, -0.05) is 0 Å². The molecule has 0 bridgehead atoms. The van der Waals surface area contributed by atoms with E-state index in [9.17, 15) is 4.79 Å². The van der Waals surface area contributed by atoms with Gasteiger partial charge in [-0.2, -0.15) is 0 Å². The zero-order valence-electron chi connectivity index (χ0n) is 16.6. The molecule has 0 radical (unpaired) electrons. The van der Waals surface area contributed by atoms with Gasteiger partial charge in [0, 0.05) is 41.8 Å². The van der Waals surface area contributed by atoms with Gasteiger partial charge in [0.25, 0.3) is 5.91 Å². The van der Waals surface area contributed by atoms with E-state index in [-0.39, 0.29) is 11.9 Å². The first-order valence-electron chi connectivity index (χ1n) is 9.10. The van der Waals surface area contributed by atoms with Crippen molar-refractivity contribution in [3.05, 3.63) is 65.5 Å². The lowest BCUT2D eigenvalue weighted by molar-refractivity contribution is 0.0977. The van der Waals surface area contributed by atoms with Crippen molar-refractivity contribution in [3.63, 3.8) is 0 Å². The molecule has 0 atom stereocenters. The molecule has 1 aromatic carbocycles. The molecule has 3 aromatic rings. The molecule has 0 aliphatic carbocycles. The third-order valence-electron chi connectivity index (χ3n) is 4.00. The number of rotatable bonds is 6. The number of aromatic amines is 1. The number of H-pyrrole nitrogens is 1. The van der Waals surface area contributed by atoms with Crippen LogP contribution in [-0.2, 0) is 6.42 Å². The number of hydrogen-bond donors (Lipinski definition) is 3. The van der Waals surface area contributed by atoms with Gasteiger partial charge < -0.3 is 9.72 Å². The minimum absolute atomic E-state index is 0.273. The van der Waals surface area contributed by atoms with Crippen LogP contribution in [0.15, 0.2) is 47.8 Å². The zero-order valence-corrected chi connectivity index (χ0v) is 16.6. The number of ether oxygens (including phenoxy) is 1. The highest BCUT2D eigenvalue weighted by Gasteiger charge is 2.11. The molecule has 29 heavy (non-hydrogen) atoms. The highest BCUT2D eigenvalue weighted by Crippen LogP contribution is 2.11. The number of imidazole rings is 1. The number of carbonyl (C=O) groups is 1. The molecule has 0 unspecified atom stereocenters. The van der Waals surface area contributed by atoms with Crippen molar-refractivity contribution in [1.82, 2.24) is 25.3 Å². The monoisotopic (exact) mass is 393 g/mol. The van der Waals surface area contributed by atoms with Crippen LogP contribution in [-0.4, -0.2) is 45.5 Å². The Bertz CT molecular complexity index is 962. The number of hydrogen-bond acceptors (Lipinski definition) is 6. The summed E-state index contributed by atoms with van der Waals surface area (Å²) in [6.07, 6.45) is 4.01. The van der Waals surface area contributed by atoms with Crippen molar-refractivity contribution in [2.24, 2.45) is 4.99 Å². The largest absolute Gasteiger partial charge is 0.497 e. The SMILES string of the molecule is COc1ccc(C(=O)NC(=NCCc2cnc[nH]2)Nc2nc(C)cc(C)n2)cc1. The zero-order chi connectivity index (χ0) is 20.6. The fourth-order valence-electron chi connectivity index (χ4n) is 2.63. The van der Waals surface area contributed by atoms with Crippen LogP contribution in [0, 0.1) is 13.8 Å². The quantitative estimate of drug-likeness (QED) is 0.437. The molecule has 2 heterocycles. The average molecular weight is 393 g/mol. The van der Waals surface area contributed by atoms with Gasteiger partial charge in [-0.05, 0) is 44.2 Å². The Balaban J connectivity index is 1.75. The fraction of sp³-hybridized carbons (Fsp3) is 0.250. The summed E-state index contributed by atoms with van der Waals surface area (Å²) >= 11 is 0. The molecule has 0 aliphatic heterocycles. The number of nitrogens with zero attached hydrogens (tertiary/aromatic N) is 4. The number of benzene rings is 1. The van der Waals surface area contributed by atoms with Gasteiger partial charge in [-0.25, -0.2) is 15.0 Å². The van der Waals surface area contributed by atoms with Crippen molar-refractivity contribution < 1.29 is 9.53 Å². The molecule has 0 saturated heterocycles. The highest BCUT2D eigenvalue weighted by atomic mass is 16.5. The predicted octanol–water partition coefficient (Wildman–Crippen LogP) is 2.27. The molecule has 0 fully saturated rings. The first-order valence-corrected chi connectivity index (χ1v) is 9.10. The molecule has 9 heteroatoms. The van der Waals surface area contributed by atoms with Gasteiger partial charge in [0.15, 0.2) is 0 Å². The summed E-state index contributed by atoms with van der Waals surface area (Å²) in [6, 6.07) is 8.69. The molecular weight excluding hydrogens is 370 g/mol. The van der Waals surface area contributed by atoms with Gasteiger partial charge in [-0.3, -0.25) is 20.4 Å². The maximum atomic E-state index is 12.6. The maximum Gasteiger partial charge on any atom is 0.257 e. The van der Waals surface area contributed by atoms with Gasteiger partial charge >= 0.3 is 0 Å². The van der Waals surface area contributed by atoms with Crippen molar-refractivity contribution >= 4 is 17.8 Å². The van der Waals surface area contributed by atoms with Crippen molar-refractivity contribution in [2.75, 3.05) is 19.0 Å². The second-order valence-corrected chi connectivity index (χ2v) is 6.34. The van der Waals surface area contributed by atoms with Crippen LogP contribution in [0.4, 0.5) is 5.95 Å². The molecule has 150 valence electrons. The number of aliphatic imine (C=N–C) groups is 1. The van der Waals surface area contributed by atoms with E-state index in [4.69, 9.17) is 4.74 Å². The summed E-state index contributed by atoms with van der Waals surface area (Å²) in [5.41, 5.74) is 3.07. The third kappa shape index (κ3) is 5.86. The van der Waals surface area contributed by atoms with E-state index in [2.05, 4.69) is 35.6 Å². The summed E-state index contributed by atoms with van der Waals surface area (Å²) in [5.74, 6) is 1.02. The Morgan fingerprint density at radius 2 is 1.90 bits per heavy atom. The number of anilines is 1. The van der Waals surface area contributed by atoms with Crippen molar-refractivity contribution in [2.45, 2.75) is 20.3 Å². The number of guanidine groups is 1. The Morgan fingerprint density at radius 1 is 1.17 bits per heavy atom. The van der Waals surface area contributed by atoms with Crippen molar-refractivity contribution in [3.8, 4) is 5.75 Å². The lowest BCUT2D eigenvalue weighted by Gasteiger charge is -2.12. The molecule has 0 saturated carbocycles. The summed E-state index contributed by atoms with van der Waals surface area (Å²) in [4.78, 5) is 32.8. The van der Waals surface area contributed by atoms with E-state index in [0.717, 1.165) is 17.1 Å². The van der Waals surface area contributed by atoms with Crippen LogP contribution in [0.2, 0.25) is 0 Å². The molecule has 2 aromatic heterocycles. The van der Waals surface area contributed by atoms with E-state index in [0.29, 0.717) is 30.2 Å². The van der Waals surface area contributed by atoms with E-state index in [1.165, 1.54) is 0 Å². The summed E-state index contributed by atoms with van der Waals surface area (Å²) < 4.78 is 5.13. The van der Waals surface area contributed by atoms with Gasteiger partial charge in [0.05, 0.1) is 13.4 Å². The van der Waals surface area contributed by atoms with Gasteiger partial charge in [0.2, 0.25) is 11.9 Å².